The van der Waals surface area contributed by atoms with Crippen LogP contribution in [0.2, 0.25) is 0 Å². The van der Waals surface area contributed by atoms with Gasteiger partial charge in [0, 0.05) is 50.0 Å². The van der Waals surface area contributed by atoms with Gasteiger partial charge in [0.15, 0.2) is 5.78 Å². The Morgan fingerprint density at radius 2 is 1.54 bits per heavy atom. The van der Waals surface area contributed by atoms with Crippen molar-refractivity contribution in [2.75, 3.05) is 31.5 Å². The summed E-state index contributed by atoms with van der Waals surface area (Å²) in [5.74, 6) is 0.161. The third-order valence-electron chi connectivity index (χ3n) is 4.63. The lowest BCUT2D eigenvalue weighted by molar-refractivity contribution is -0.130. The molecule has 1 aromatic heterocycles. The highest BCUT2D eigenvalue weighted by Crippen LogP contribution is 2.16. The van der Waals surface area contributed by atoms with Crippen LogP contribution in [0.15, 0.2) is 30.3 Å². The van der Waals surface area contributed by atoms with E-state index in [1.165, 1.54) is 13.8 Å². The van der Waals surface area contributed by atoms with E-state index < -0.39 is 0 Å². The largest absolute Gasteiger partial charge is 0.339 e. The summed E-state index contributed by atoms with van der Waals surface area (Å²) in [7, 11) is 0. The van der Waals surface area contributed by atoms with Gasteiger partial charge in [-0.15, -0.1) is 0 Å². The number of hydrogen-bond acceptors (Lipinski definition) is 6. The Hall–Kier alpha value is -3.29. The molecule has 2 aromatic rings. The summed E-state index contributed by atoms with van der Waals surface area (Å²) in [5, 5.41) is 3.07. The van der Waals surface area contributed by atoms with Gasteiger partial charge in [-0.1, -0.05) is 0 Å². The van der Waals surface area contributed by atoms with E-state index in [2.05, 4.69) is 15.3 Å². The third kappa shape index (κ3) is 4.51. The number of aryl methyl sites for hydroxylation is 1. The summed E-state index contributed by atoms with van der Waals surface area (Å²) in [6.45, 7) is 6.87. The first-order valence-corrected chi connectivity index (χ1v) is 9.12. The lowest BCUT2D eigenvalue weighted by atomic mass is 10.1. The molecule has 2 amide bonds. The second-order valence-corrected chi connectivity index (χ2v) is 6.77. The van der Waals surface area contributed by atoms with E-state index in [-0.39, 0.29) is 17.6 Å². The van der Waals surface area contributed by atoms with Crippen LogP contribution in [0.4, 0.5) is 11.6 Å². The summed E-state index contributed by atoms with van der Waals surface area (Å²) in [6, 6.07) is 8.64. The molecule has 0 atom stereocenters. The zero-order valence-corrected chi connectivity index (χ0v) is 16.2. The maximum absolute atomic E-state index is 12.8. The van der Waals surface area contributed by atoms with Crippen LogP contribution in [0.5, 0.6) is 0 Å². The highest BCUT2D eigenvalue weighted by molar-refractivity contribution is 5.94. The minimum Gasteiger partial charge on any atom is -0.339 e. The minimum absolute atomic E-state index is 0.00360. The third-order valence-corrected chi connectivity index (χ3v) is 4.63. The number of piperazine rings is 1. The van der Waals surface area contributed by atoms with Gasteiger partial charge in [0.1, 0.15) is 5.69 Å². The first-order chi connectivity index (χ1) is 13.3. The van der Waals surface area contributed by atoms with Crippen molar-refractivity contribution in [3.8, 4) is 0 Å². The number of hydrogen-bond donors (Lipinski definition) is 1. The molecule has 2 heterocycles. The van der Waals surface area contributed by atoms with Crippen LogP contribution >= 0.6 is 0 Å². The quantitative estimate of drug-likeness (QED) is 0.815. The summed E-state index contributed by atoms with van der Waals surface area (Å²) in [6.07, 6.45) is 0. The van der Waals surface area contributed by atoms with Crippen LogP contribution in [-0.4, -0.2) is 63.5 Å². The SMILES string of the molecule is CC(=O)c1ccc(Nc2nc(C)cc(C(=O)N3CCN(C(C)=O)CC3)n2)cc1. The number of amides is 2. The normalized spacial score (nSPS) is 14.0. The summed E-state index contributed by atoms with van der Waals surface area (Å²) >= 11 is 0. The highest BCUT2D eigenvalue weighted by Gasteiger charge is 2.24. The van der Waals surface area contributed by atoms with E-state index in [0.717, 1.165) is 5.69 Å². The Morgan fingerprint density at radius 3 is 2.11 bits per heavy atom. The number of benzene rings is 1. The number of nitrogens with zero attached hydrogens (tertiary/aromatic N) is 4. The number of ketones is 1. The van der Waals surface area contributed by atoms with Gasteiger partial charge >= 0.3 is 0 Å². The van der Waals surface area contributed by atoms with Crippen molar-refractivity contribution in [2.24, 2.45) is 0 Å². The predicted molar refractivity (Wildman–Crippen MR) is 105 cm³/mol. The number of rotatable bonds is 4. The van der Waals surface area contributed by atoms with Crippen molar-refractivity contribution in [1.29, 1.82) is 0 Å². The van der Waals surface area contributed by atoms with Crippen molar-refractivity contribution in [3.63, 3.8) is 0 Å². The molecule has 1 aromatic carbocycles. The van der Waals surface area contributed by atoms with Gasteiger partial charge in [0.25, 0.3) is 5.91 Å². The molecule has 0 bridgehead atoms. The monoisotopic (exact) mass is 381 g/mol. The molecule has 3 rings (SSSR count). The number of carbonyl (C=O) groups is 3. The molecule has 1 aliphatic rings. The van der Waals surface area contributed by atoms with Crippen molar-refractivity contribution in [3.05, 3.63) is 47.3 Å². The van der Waals surface area contributed by atoms with Gasteiger partial charge in [0.05, 0.1) is 0 Å². The number of anilines is 2. The van der Waals surface area contributed by atoms with Crippen LogP contribution in [0.25, 0.3) is 0 Å². The molecule has 1 saturated heterocycles. The van der Waals surface area contributed by atoms with Crippen LogP contribution in [0.3, 0.4) is 0 Å². The molecule has 1 fully saturated rings. The molecule has 0 radical (unpaired) electrons. The van der Waals surface area contributed by atoms with E-state index in [1.54, 1.807) is 47.1 Å². The molecule has 0 aliphatic carbocycles. The van der Waals surface area contributed by atoms with Gasteiger partial charge < -0.3 is 15.1 Å². The Kier molecular flexibility index (Phi) is 5.67. The summed E-state index contributed by atoms with van der Waals surface area (Å²) in [5.41, 5.74) is 2.33. The van der Waals surface area contributed by atoms with Crippen molar-refractivity contribution in [1.82, 2.24) is 19.8 Å². The fourth-order valence-corrected chi connectivity index (χ4v) is 3.04. The van der Waals surface area contributed by atoms with Crippen molar-refractivity contribution >= 4 is 29.2 Å². The second-order valence-electron chi connectivity index (χ2n) is 6.77. The Bertz CT molecular complexity index is 903. The van der Waals surface area contributed by atoms with Crippen molar-refractivity contribution in [2.45, 2.75) is 20.8 Å². The average molecular weight is 381 g/mol. The zero-order chi connectivity index (χ0) is 20.3. The second kappa shape index (κ2) is 8.16. The molecule has 1 aliphatic heterocycles. The van der Waals surface area contributed by atoms with Crippen molar-refractivity contribution < 1.29 is 14.4 Å². The highest BCUT2D eigenvalue weighted by atomic mass is 16.2. The van der Waals surface area contributed by atoms with Gasteiger partial charge in [-0.3, -0.25) is 14.4 Å². The first kappa shape index (κ1) is 19.5. The van der Waals surface area contributed by atoms with Gasteiger partial charge in [-0.2, -0.15) is 0 Å². The van der Waals surface area contributed by atoms with E-state index in [4.69, 9.17) is 0 Å². The lowest BCUT2D eigenvalue weighted by Gasteiger charge is -2.34. The maximum Gasteiger partial charge on any atom is 0.272 e. The minimum atomic E-state index is -0.177. The van der Waals surface area contributed by atoms with Gasteiger partial charge in [-0.05, 0) is 44.2 Å². The summed E-state index contributed by atoms with van der Waals surface area (Å²) < 4.78 is 0. The number of carbonyl (C=O) groups excluding carboxylic acids is 3. The van der Waals surface area contributed by atoms with Crippen LogP contribution in [0.1, 0.15) is 40.4 Å². The van der Waals surface area contributed by atoms with Crippen LogP contribution in [-0.2, 0) is 4.79 Å². The van der Waals surface area contributed by atoms with Crippen LogP contribution < -0.4 is 5.32 Å². The molecule has 0 unspecified atom stereocenters. The zero-order valence-electron chi connectivity index (χ0n) is 16.2. The standard InChI is InChI=1S/C20H23N5O3/c1-13-12-18(19(28)25-10-8-24(9-11-25)15(3)27)23-20(21-13)22-17-6-4-16(5-7-17)14(2)26/h4-7,12H,8-11H2,1-3H3,(H,21,22,23). The molecule has 146 valence electrons. The molecule has 1 N–H and O–H groups in total. The Labute approximate surface area is 163 Å². The molecular weight excluding hydrogens is 358 g/mol. The number of nitrogens with one attached hydrogen (secondary N) is 1. The Balaban J connectivity index is 1.73. The maximum atomic E-state index is 12.8. The lowest BCUT2D eigenvalue weighted by Crippen LogP contribution is -2.50. The van der Waals surface area contributed by atoms with E-state index >= 15 is 0 Å². The predicted octanol–water partition coefficient (Wildman–Crippen LogP) is 2.04. The van der Waals surface area contributed by atoms with E-state index in [1.807, 2.05) is 0 Å². The summed E-state index contributed by atoms with van der Waals surface area (Å²) in [4.78, 5) is 47.8. The molecule has 0 saturated carbocycles. The van der Waals surface area contributed by atoms with Gasteiger partial charge in [0.2, 0.25) is 11.9 Å². The first-order valence-electron chi connectivity index (χ1n) is 9.12. The van der Waals surface area contributed by atoms with E-state index in [0.29, 0.717) is 49.1 Å². The Morgan fingerprint density at radius 1 is 0.929 bits per heavy atom. The topological polar surface area (TPSA) is 95.5 Å². The average Bonchev–Trinajstić information content (AvgIpc) is 2.67. The fourth-order valence-electron chi connectivity index (χ4n) is 3.04. The number of aromatic nitrogens is 2. The molecule has 28 heavy (non-hydrogen) atoms. The molecular formula is C20H23N5O3. The molecule has 8 heteroatoms. The fraction of sp³-hybridized carbons (Fsp3) is 0.350. The van der Waals surface area contributed by atoms with E-state index in [9.17, 15) is 14.4 Å². The van der Waals surface area contributed by atoms with Crippen LogP contribution in [0, 0.1) is 6.92 Å². The smallest absolute Gasteiger partial charge is 0.272 e. The molecule has 0 spiro atoms. The van der Waals surface area contributed by atoms with Gasteiger partial charge in [-0.25, -0.2) is 9.97 Å². The molecule has 8 nitrogen and oxygen atoms in total. The number of Topliss-reactive ketones (excluding diaryl/α,β-unsaturated/α-hetero) is 1.